The Morgan fingerprint density at radius 1 is 1.14 bits per heavy atom. The van der Waals surface area contributed by atoms with Crippen LogP contribution in [0.15, 0.2) is 0 Å². The smallest absolute Gasteiger partial charge is 0.222 e. The lowest BCUT2D eigenvalue weighted by Crippen LogP contribution is -2.45. The molecule has 0 atom stereocenters. The molecule has 0 unspecified atom stereocenters. The highest BCUT2D eigenvalue weighted by Crippen LogP contribution is 2.17. The maximum absolute atomic E-state index is 12.2. The molecule has 0 aromatic heterocycles. The number of nitrogens with zero attached hydrogens (tertiary/aromatic N) is 2. The highest BCUT2D eigenvalue weighted by Gasteiger charge is 2.24. The molecule has 134 valence electrons. The van der Waals surface area contributed by atoms with Crippen LogP contribution in [-0.4, -0.2) is 55.0 Å². The maximum Gasteiger partial charge on any atom is 0.222 e. The Morgan fingerprint density at radius 3 is 2.27 bits per heavy atom. The van der Waals surface area contributed by atoms with Gasteiger partial charge >= 0.3 is 0 Å². The van der Waals surface area contributed by atoms with Gasteiger partial charge in [0, 0.05) is 32.6 Å². The van der Waals surface area contributed by atoms with E-state index in [1.54, 1.807) is 0 Å². The molecule has 2 N–H and O–H groups in total. The summed E-state index contributed by atoms with van der Waals surface area (Å²) in [6.07, 6.45) is 8.58. The lowest BCUT2D eigenvalue weighted by Gasteiger charge is -2.36. The molecule has 1 saturated heterocycles. The van der Waals surface area contributed by atoms with E-state index in [9.17, 15) is 4.79 Å². The summed E-state index contributed by atoms with van der Waals surface area (Å²) in [7, 11) is 1.99. The molecule has 22 heavy (non-hydrogen) atoms. The van der Waals surface area contributed by atoms with Crippen LogP contribution in [0.5, 0.6) is 0 Å². The van der Waals surface area contributed by atoms with Gasteiger partial charge in [-0.1, -0.05) is 19.8 Å². The maximum atomic E-state index is 12.2. The molecule has 1 rings (SSSR count). The Bertz CT molecular complexity index is 272. The number of nitrogens with two attached hydrogens (primary N) is 1. The highest BCUT2D eigenvalue weighted by atomic mass is 35.5. The highest BCUT2D eigenvalue weighted by molar-refractivity contribution is 5.85. The van der Waals surface area contributed by atoms with Gasteiger partial charge in [0.15, 0.2) is 0 Å². The monoisotopic (exact) mass is 355 g/mol. The van der Waals surface area contributed by atoms with Crippen LogP contribution in [0.2, 0.25) is 0 Å². The molecule has 0 spiro atoms. The first-order valence-electron chi connectivity index (χ1n) is 8.37. The van der Waals surface area contributed by atoms with Crippen LogP contribution < -0.4 is 5.73 Å². The first-order chi connectivity index (χ1) is 9.69. The van der Waals surface area contributed by atoms with Crippen molar-refractivity contribution in [2.75, 3.05) is 33.2 Å². The minimum Gasteiger partial charge on any atom is -0.343 e. The topological polar surface area (TPSA) is 49.6 Å². The van der Waals surface area contributed by atoms with Crippen molar-refractivity contribution in [1.82, 2.24) is 9.80 Å². The zero-order chi connectivity index (χ0) is 14.8. The van der Waals surface area contributed by atoms with Crippen molar-refractivity contribution in [3.8, 4) is 0 Å². The van der Waals surface area contributed by atoms with Crippen LogP contribution in [0.4, 0.5) is 0 Å². The average Bonchev–Trinajstić information content (AvgIpc) is 2.47. The first-order valence-corrected chi connectivity index (χ1v) is 8.37. The van der Waals surface area contributed by atoms with Crippen molar-refractivity contribution >= 4 is 30.7 Å². The second-order valence-corrected chi connectivity index (χ2v) is 6.03. The Hall–Kier alpha value is -0.0300. The third-order valence-electron chi connectivity index (χ3n) is 4.38. The predicted molar refractivity (Wildman–Crippen MR) is 99.2 cm³/mol. The Morgan fingerprint density at radius 2 is 1.73 bits per heavy atom. The number of carbonyl (C=O) groups excluding carboxylic acids is 1. The largest absolute Gasteiger partial charge is 0.343 e. The van der Waals surface area contributed by atoms with E-state index >= 15 is 0 Å². The molecule has 0 aromatic rings. The molecule has 0 radical (unpaired) electrons. The summed E-state index contributed by atoms with van der Waals surface area (Å²) in [5.41, 5.74) is 5.47. The predicted octanol–water partition coefficient (Wildman–Crippen LogP) is 3.07. The van der Waals surface area contributed by atoms with Gasteiger partial charge in [0.1, 0.15) is 0 Å². The Kier molecular flexibility index (Phi) is 16.0. The van der Waals surface area contributed by atoms with Crippen molar-refractivity contribution in [2.45, 2.75) is 64.3 Å². The summed E-state index contributed by atoms with van der Waals surface area (Å²) < 4.78 is 0. The number of halogens is 2. The summed E-state index contributed by atoms with van der Waals surface area (Å²) in [5, 5.41) is 0. The summed E-state index contributed by atoms with van der Waals surface area (Å²) in [5.74, 6) is 0.326. The molecule has 1 heterocycles. The fourth-order valence-electron chi connectivity index (χ4n) is 3.00. The van der Waals surface area contributed by atoms with E-state index in [4.69, 9.17) is 5.73 Å². The van der Waals surface area contributed by atoms with Crippen LogP contribution in [0, 0.1) is 0 Å². The van der Waals surface area contributed by atoms with Gasteiger partial charge in [-0.2, -0.15) is 0 Å². The van der Waals surface area contributed by atoms with E-state index in [1.165, 1.54) is 13.0 Å². The van der Waals surface area contributed by atoms with Gasteiger partial charge in [0.2, 0.25) is 5.91 Å². The lowest BCUT2D eigenvalue weighted by molar-refractivity contribution is -0.133. The van der Waals surface area contributed by atoms with Crippen molar-refractivity contribution in [1.29, 1.82) is 0 Å². The molecule has 6 heteroatoms. The first kappa shape index (κ1) is 24.2. The Labute approximate surface area is 149 Å². The van der Waals surface area contributed by atoms with Gasteiger partial charge in [-0.15, -0.1) is 24.8 Å². The molecule has 0 bridgehead atoms. The molecule has 0 aliphatic carbocycles. The molecule has 1 aliphatic rings. The zero-order valence-electron chi connectivity index (χ0n) is 14.3. The van der Waals surface area contributed by atoms with E-state index < -0.39 is 0 Å². The van der Waals surface area contributed by atoms with Crippen molar-refractivity contribution in [2.24, 2.45) is 5.73 Å². The van der Waals surface area contributed by atoms with E-state index in [-0.39, 0.29) is 24.8 Å². The molecule has 1 fully saturated rings. The second-order valence-electron chi connectivity index (χ2n) is 6.03. The summed E-state index contributed by atoms with van der Waals surface area (Å²) in [6, 6.07) is 0.458. The van der Waals surface area contributed by atoms with Crippen LogP contribution in [0.25, 0.3) is 0 Å². The molecular weight excluding hydrogens is 321 g/mol. The quantitative estimate of drug-likeness (QED) is 0.646. The number of hydrogen-bond donors (Lipinski definition) is 1. The number of likely N-dealkylation sites (tertiary alicyclic amines) is 1. The SMILES string of the molecule is CCCN1CCC(N(C)C(=O)CCCCCCN)CC1.Cl.Cl. The van der Waals surface area contributed by atoms with Crippen LogP contribution >= 0.6 is 24.8 Å². The van der Waals surface area contributed by atoms with Crippen LogP contribution in [-0.2, 0) is 4.79 Å². The minimum absolute atomic E-state index is 0. The average molecular weight is 356 g/mol. The molecule has 0 saturated carbocycles. The summed E-state index contributed by atoms with van der Waals surface area (Å²) in [6.45, 7) is 6.49. The fraction of sp³-hybridized carbons (Fsp3) is 0.938. The zero-order valence-corrected chi connectivity index (χ0v) is 15.9. The standard InChI is InChI=1S/C16H33N3O.2ClH/c1-3-12-19-13-9-15(10-14-19)18(2)16(20)8-6-4-5-7-11-17;;/h15H,3-14,17H2,1-2H3;2*1H. The van der Waals surface area contributed by atoms with E-state index in [1.807, 2.05) is 11.9 Å². The van der Waals surface area contributed by atoms with Gasteiger partial charge in [-0.3, -0.25) is 4.79 Å². The molecule has 4 nitrogen and oxygen atoms in total. The van der Waals surface area contributed by atoms with E-state index in [0.717, 1.165) is 58.2 Å². The van der Waals surface area contributed by atoms with E-state index in [0.29, 0.717) is 18.4 Å². The minimum atomic E-state index is 0. The second kappa shape index (κ2) is 14.6. The van der Waals surface area contributed by atoms with Gasteiger partial charge in [-0.25, -0.2) is 0 Å². The number of carbonyl (C=O) groups is 1. The number of piperidine rings is 1. The molecule has 1 amide bonds. The van der Waals surface area contributed by atoms with Gasteiger partial charge in [0.05, 0.1) is 0 Å². The van der Waals surface area contributed by atoms with Gasteiger partial charge in [0.25, 0.3) is 0 Å². The third kappa shape index (κ3) is 9.19. The summed E-state index contributed by atoms with van der Waals surface area (Å²) in [4.78, 5) is 16.7. The van der Waals surface area contributed by atoms with Crippen molar-refractivity contribution in [3.63, 3.8) is 0 Å². The lowest BCUT2D eigenvalue weighted by atomic mass is 10.0. The summed E-state index contributed by atoms with van der Waals surface area (Å²) >= 11 is 0. The molecular formula is C16H35Cl2N3O. The molecule has 0 aromatic carbocycles. The number of hydrogen-bond acceptors (Lipinski definition) is 3. The number of rotatable bonds is 9. The van der Waals surface area contributed by atoms with E-state index in [2.05, 4.69) is 11.8 Å². The van der Waals surface area contributed by atoms with Crippen LogP contribution in [0.3, 0.4) is 0 Å². The molecule has 1 aliphatic heterocycles. The third-order valence-corrected chi connectivity index (χ3v) is 4.38. The van der Waals surface area contributed by atoms with Crippen LogP contribution in [0.1, 0.15) is 58.3 Å². The van der Waals surface area contributed by atoms with Gasteiger partial charge < -0.3 is 15.5 Å². The normalized spacial score (nSPS) is 15.8. The number of amides is 1. The Balaban J connectivity index is 0. The van der Waals surface area contributed by atoms with Crippen molar-refractivity contribution < 1.29 is 4.79 Å². The van der Waals surface area contributed by atoms with Gasteiger partial charge in [-0.05, 0) is 45.2 Å². The number of unbranched alkanes of at least 4 members (excludes halogenated alkanes) is 3. The fourth-order valence-corrected chi connectivity index (χ4v) is 3.00. The van der Waals surface area contributed by atoms with Crippen molar-refractivity contribution in [3.05, 3.63) is 0 Å².